The third kappa shape index (κ3) is 8.75. The fourth-order valence-corrected chi connectivity index (χ4v) is 7.93. The first kappa shape index (κ1) is 40.0. The number of aliphatic hydroxyl groups is 1. The summed E-state index contributed by atoms with van der Waals surface area (Å²) in [5.74, 6) is 0.339. The Kier molecular flexibility index (Phi) is 12.7. The van der Waals surface area contributed by atoms with Gasteiger partial charge in [0, 0.05) is 25.9 Å². The van der Waals surface area contributed by atoms with Crippen LogP contribution in [-0.2, 0) is 19.1 Å². The second kappa shape index (κ2) is 17.4. The molecular formula is C41H52ClN7O6. The lowest BCUT2D eigenvalue weighted by atomic mass is 10.0. The number of alkyl carbamates (subject to hydrolysis) is 1. The lowest BCUT2D eigenvalue weighted by Gasteiger charge is -2.31. The van der Waals surface area contributed by atoms with Crippen LogP contribution in [0.15, 0.2) is 60.8 Å². The minimum absolute atomic E-state index is 0.0520. The van der Waals surface area contributed by atoms with E-state index in [1.807, 2.05) is 62.9 Å². The van der Waals surface area contributed by atoms with Gasteiger partial charge in [0.2, 0.25) is 18.2 Å². The number of benzene rings is 2. The number of aliphatic hydroxyl groups excluding tert-OH is 1. The Morgan fingerprint density at radius 1 is 0.818 bits per heavy atom. The second-order valence-corrected chi connectivity index (χ2v) is 15.4. The standard InChI is InChI=1S/C41H52ClN7O6/c1-23(2)34(46-40(52)54-5)38(50)48-19-7-9-32(48)30-21-29(42)36(44-30)28-17-13-26(14-18-28)25-11-15-27(16-12-25)31-22-43-37(45-31)33-10-8-20-49(33)39(51)35(24(3)4)47-41(53)55-6/h11-18,21-24,32-35,40,44,46,52H,7-10,19-20H2,1-6H3,(H,43,45)(H,47,53)/t32?,33-,34-,35-,40?/m0/s1. The first-order valence-electron chi connectivity index (χ1n) is 19.0. The number of methoxy groups -OCH3 is 2. The van der Waals surface area contributed by atoms with Crippen LogP contribution in [-0.4, -0.2) is 93.6 Å². The van der Waals surface area contributed by atoms with Crippen molar-refractivity contribution in [2.75, 3.05) is 27.3 Å². The van der Waals surface area contributed by atoms with Crippen LogP contribution < -0.4 is 10.6 Å². The Hall–Kier alpha value is -4.69. The molecule has 2 fully saturated rings. The van der Waals surface area contributed by atoms with Crippen LogP contribution in [0.25, 0.3) is 33.6 Å². The van der Waals surface area contributed by atoms with Crippen molar-refractivity contribution in [3.05, 3.63) is 77.3 Å². The molecule has 294 valence electrons. The van der Waals surface area contributed by atoms with Gasteiger partial charge in [-0.15, -0.1) is 0 Å². The zero-order chi connectivity index (χ0) is 39.4. The van der Waals surface area contributed by atoms with Gasteiger partial charge < -0.3 is 39.7 Å². The topological polar surface area (TPSA) is 165 Å². The van der Waals surface area contributed by atoms with Crippen molar-refractivity contribution in [2.45, 2.75) is 84.0 Å². The number of amides is 3. The minimum atomic E-state index is -1.23. The molecule has 5 N–H and O–H groups in total. The van der Waals surface area contributed by atoms with Gasteiger partial charge in [-0.1, -0.05) is 87.8 Å². The van der Waals surface area contributed by atoms with Crippen LogP contribution in [0.1, 0.15) is 77.0 Å². The minimum Gasteiger partial charge on any atom is -0.453 e. The van der Waals surface area contributed by atoms with Crippen molar-refractivity contribution in [3.8, 4) is 33.6 Å². The van der Waals surface area contributed by atoms with Gasteiger partial charge in [-0.05, 0) is 65.8 Å². The number of nitrogens with zero attached hydrogens (tertiary/aromatic N) is 3. The fraction of sp³-hybridized carbons (Fsp3) is 0.463. The quantitative estimate of drug-likeness (QED) is 0.0945. The predicted octanol–water partition coefficient (Wildman–Crippen LogP) is 6.64. The van der Waals surface area contributed by atoms with E-state index in [-0.39, 0.29) is 35.7 Å². The number of hydrogen-bond donors (Lipinski definition) is 5. The lowest BCUT2D eigenvalue weighted by Crippen LogP contribution is -2.52. The van der Waals surface area contributed by atoms with Gasteiger partial charge >= 0.3 is 6.09 Å². The summed E-state index contributed by atoms with van der Waals surface area (Å²) >= 11 is 6.79. The van der Waals surface area contributed by atoms with E-state index < -0.39 is 24.6 Å². The molecule has 14 heteroatoms. The number of aromatic nitrogens is 3. The third-order valence-electron chi connectivity index (χ3n) is 10.7. The largest absolute Gasteiger partial charge is 0.453 e. The fourth-order valence-electron chi connectivity index (χ4n) is 7.66. The molecule has 6 rings (SSSR count). The molecule has 0 aliphatic carbocycles. The number of imidazole rings is 1. The SMILES string of the molecule is COC(=O)N[C@H](C(=O)N1CCC[C@H]1c1ncc(-c2ccc(-c3ccc(-c4[nH]c(C5CCCN5C(=O)[C@@H](NC(O)OC)C(C)C)cc4Cl)cc3)cc2)[nH]1)C(C)C. The van der Waals surface area contributed by atoms with Gasteiger partial charge in [0.1, 0.15) is 11.9 Å². The number of hydrogen-bond acceptors (Lipinski definition) is 8. The Balaban J connectivity index is 1.12. The van der Waals surface area contributed by atoms with E-state index in [2.05, 4.69) is 49.9 Å². The first-order chi connectivity index (χ1) is 26.4. The summed E-state index contributed by atoms with van der Waals surface area (Å²) in [7, 11) is 2.67. The van der Waals surface area contributed by atoms with Crippen LogP contribution >= 0.6 is 11.6 Å². The van der Waals surface area contributed by atoms with Gasteiger partial charge in [-0.3, -0.25) is 14.9 Å². The molecule has 2 unspecified atom stereocenters. The zero-order valence-corrected chi connectivity index (χ0v) is 33.0. The maximum Gasteiger partial charge on any atom is 0.407 e. The highest BCUT2D eigenvalue weighted by molar-refractivity contribution is 6.33. The Morgan fingerprint density at radius 3 is 1.95 bits per heavy atom. The number of aromatic amines is 2. The van der Waals surface area contributed by atoms with E-state index in [0.717, 1.165) is 70.8 Å². The van der Waals surface area contributed by atoms with Crippen molar-refractivity contribution in [2.24, 2.45) is 11.8 Å². The number of likely N-dealkylation sites (tertiary alicyclic amines) is 2. The molecule has 5 atom stereocenters. The van der Waals surface area contributed by atoms with E-state index in [1.165, 1.54) is 14.2 Å². The average molecular weight is 774 g/mol. The molecule has 55 heavy (non-hydrogen) atoms. The zero-order valence-electron chi connectivity index (χ0n) is 32.3. The number of nitrogens with one attached hydrogen (secondary N) is 4. The monoisotopic (exact) mass is 773 g/mol. The summed E-state index contributed by atoms with van der Waals surface area (Å²) in [4.78, 5) is 54.4. The molecule has 2 aromatic carbocycles. The maximum atomic E-state index is 13.6. The van der Waals surface area contributed by atoms with E-state index >= 15 is 0 Å². The summed E-state index contributed by atoms with van der Waals surface area (Å²) in [6.45, 7) is 8.89. The van der Waals surface area contributed by atoms with E-state index in [9.17, 15) is 19.5 Å². The molecule has 13 nitrogen and oxygen atoms in total. The molecule has 0 spiro atoms. The van der Waals surface area contributed by atoms with E-state index in [0.29, 0.717) is 18.1 Å². The number of carbonyl (C=O) groups excluding carboxylic acids is 3. The lowest BCUT2D eigenvalue weighted by molar-refractivity contribution is -0.145. The molecule has 0 bridgehead atoms. The smallest absolute Gasteiger partial charge is 0.407 e. The molecule has 2 aliphatic rings. The summed E-state index contributed by atoms with van der Waals surface area (Å²) in [5.41, 5.74) is 6.52. The Bertz CT molecular complexity index is 1940. The molecule has 4 aromatic rings. The van der Waals surface area contributed by atoms with Crippen molar-refractivity contribution in [3.63, 3.8) is 0 Å². The highest BCUT2D eigenvalue weighted by atomic mass is 35.5. The first-order valence-corrected chi connectivity index (χ1v) is 19.3. The van der Waals surface area contributed by atoms with Crippen molar-refractivity contribution in [1.82, 2.24) is 35.4 Å². The highest BCUT2D eigenvalue weighted by Gasteiger charge is 2.38. The van der Waals surface area contributed by atoms with Crippen LogP contribution in [0.5, 0.6) is 0 Å². The van der Waals surface area contributed by atoms with Gasteiger partial charge in [0.05, 0.1) is 47.8 Å². The van der Waals surface area contributed by atoms with Gasteiger partial charge in [0.25, 0.3) is 0 Å². The molecule has 2 aromatic heterocycles. The molecule has 2 aliphatic heterocycles. The van der Waals surface area contributed by atoms with Crippen molar-refractivity contribution < 1.29 is 29.0 Å². The Morgan fingerprint density at radius 2 is 1.36 bits per heavy atom. The molecule has 4 heterocycles. The average Bonchev–Trinajstić information content (AvgIpc) is 4.02. The van der Waals surface area contributed by atoms with Crippen LogP contribution in [0.2, 0.25) is 5.02 Å². The molecule has 0 saturated carbocycles. The third-order valence-corrected chi connectivity index (χ3v) is 11.0. The second-order valence-electron chi connectivity index (χ2n) is 15.0. The molecule has 0 radical (unpaired) electrons. The highest BCUT2D eigenvalue weighted by Crippen LogP contribution is 2.38. The van der Waals surface area contributed by atoms with Crippen LogP contribution in [0, 0.1) is 11.8 Å². The number of H-pyrrole nitrogens is 2. The normalized spacial score (nSPS) is 18.9. The number of rotatable bonds is 13. The van der Waals surface area contributed by atoms with E-state index in [4.69, 9.17) is 21.1 Å². The maximum absolute atomic E-state index is 13.6. The molecule has 2 saturated heterocycles. The molecule has 3 amide bonds. The van der Waals surface area contributed by atoms with Crippen LogP contribution in [0.3, 0.4) is 0 Å². The van der Waals surface area contributed by atoms with Crippen LogP contribution in [0.4, 0.5) is 4.79 Å². The van der Waals surface area contributed by atoms with Gasteiger partial charge in [0.15, 0.2) is 0 Å². The number of carbonyl (C=O) groups is 3. The summed E-state index contributed by atoms with van der Waals surface area (Å²) < 4.78 is 9.71. The summed E-state index contributed by atoms with van der Waals surface area (Å²) in [5, 5.41) is 16.2. The van der Waals surface area contributed by atoms with E-state index in [1.54, 1.807) is 11.1 Å². The summed E-state index contributed by atoms with van der Waals surface area (Å²) in [6.07, 6.45) is 3.24. The van der Waals surface area contributed by atoms with Gasteiger partial charge in [-0.2, -0.15) is 0 Å². The summed E-state index contributed by atoms with van der Waals surface area (Å²) in [6, 6.07) is 16.7. The number of halogens is 1. The predicted molar refractivity (Wildman–Crippen MR) is 211 cm³/mol. The van der Waals surface area contributed by atoms with Gasteiger partial charge in [-0.25, -0.2) is 9.78 Å². The van der Waals surface area contributed by atoms with Crippen molar-refractivity contribution in [1.29, 1.82) is 0 Å². The molecular weight excluding hydrogens is 722 g/mol. The number of ether oxygens (including phenoxy) is 2. The Labute approximate surface area is 327 Å². The van der Waals surface area contributed by atoms with Crippen molar-refractivity contribution >= 4 is 29.5 Å².